The van der Waals surface area contributed by atoms with E-state index in [0.717, 1.165) is 10.8 Å². The molecule has 2 nitrogen and oxygen atoms in total. The average molecular weight is 273 g/mol. The average Bonchev–Trinajstić information content (AvgIpc) is 2.27. The number of fused-ring (bicyclic) bond motifs is 1. The third-order valence-corrected chi connectivity index (χ3v) is 2.35. The number of ether oxygens (including phenoxy) is 1. The minimum Gasteiger partial charge on any atom is -0.459 e. The molecule has 2 aromatic carbocycles. The molecule has 0 unspecified atom stereocenters. The van der Waals surface area contributed by atoms with Gasteiger partial charge in [-0.3, -0.25) is 0 Å². The van der Waals surface area contributed by atoms with Crippen LogP contribution in [0.3, 0.4) is 0 Å². The minimum atomic E-state index is -0.258. The first-order chi connectivity index (χ1) is 7.68. The quantitative estimate of drug-likeness (QED) is 0.784. The molecule has 0 saturated carbocycles. The van der Waals surface area contributed by atoms with Gasteiger partial charge in [-0.15, -0.1) is 0 Å². The molecular formula is C14H14CoO2. The van der Waals surface area contributed by atoms with Crippen molar-refractivity contribution >= 4 is 16.7 Å². The second-order valence-corrected chi connectivity index (χ2v) is 3.98. The maximum Gasteiger partial charge on any atom is 0.339 e. The van der Waals surface area contributed by atoms with E-state index in [4.69, 9.17) is 4.74 Å². The number of benzene rings is 2. The van der Waals surface area contributed by atoms with Gasteiger partial charge in [-0.2, -0.15) is 0 Å². The van der Waals surface area contributed by atoms with Gasteiger partial charge in [0.05, 0.1) is 11.7 Å². The van der Waals surface area contributed by atoms with Crippen LogP contribution in [0.25, 0.3) is 10.8 Å². The molecule has 0 aliphatic heterocycles. The molecule has 0 aliphatic carbocycles. The van der Waals surface area contributed by atoms with Crippen LogP contribution >= 0.6 is 0 Å². The predicted molar refractivity (Wildman–Crippen MR) is 64.5 cm³/mol. The zero-order valence-corrected chi connectivity index (χ0v) is 10.8. The van der Waals surface area contributed by atoms with E-state index in [1.54, 1.807) is 6.07 Å². The van der Waals surface area contributed by atoms with Gasteiger partial charge in [-0.1, -0.05) is 36.4 Å². The van der Waals surface area contributed by atoms with Gasteiger partial charge >= 0.3 is 5.97 Å². The number of esters is 1. The van der Waals surface area contributed by atoms with Crippen LogP contribution in [-0.4, -0.2) is 12.1 Å². The molecule has 0 heterocycles. The number of carbonyl (C=O) groups excluding carboxylic acids is 1. The molecule has 2 aromatic rings. The summed E-state index contributed by atoms with van der Waals surface area (Å²) in [5.74, 6) is -0.258. The summed E-state index contributed by atoms with van der Waals surface area (Å²) < 4.78 is 5.21. The van der Waals surface area contributed by atoms with Crippen LogP contribution in [0.15, 0.2) is 42.5 Å². The smallest absolute Gasteiger partial charge is 0.339 e. The molecule has 0 aliphatic rings. The van der Waals surface area contributed by atoms with Crippen molar-refractivity contribution in [2.45, 2.75) is 20.0 Å². The van der Waals surface area contributed by atoms with Crippen LogP contribution < -0.4 is 0 Å². The van der Waals surface area contributed by atoms with Crippen LogP contribution in [0.1, 0.15) is 24.2 Å². The summed E-state index contributed by atoms with van der Waals surface area (Å²) in [4.78, 5) is 11.8. The number of hydrogen-bond donors (Lipinski definition) is 0. The van der Waals surface area contributed by atoms with Crippen molar-refractivity contribution in [1.29, 1.82) is 0 Å². The normalized spacial score (nSPS) is 10.1. The molecule has 0 spiro atoms. The molecule has 3 heteroatoms. The molecule has 0 aromatic heterocycles. The van der Waals surface area contributed by atoms with Crippen LogP contribution in [0.5, 0.6) is 0 Å². The standard InChI is InChI=1S/C14H14O2.Co/c1-10(2)16-14(15)13-9-5-7-11-6-3-4-8-12(11)13;/h3-10H,1-2H3;. The first-order valence-corrected chi connectivity index (χ1v) is 5.37. The Morgan fingerprint density at radius 3 is 2.41 bits per heavy atom. The summed E-state index contributed by atoms with van der Waals surface area (Å²) in [6, 6.07) is 13.5. The van der Waals surface area contributed by atoms with E-state index in [9.17, 15) is 4.79 Å². The zero-order chi connectivity index (χ0) is 11.5. The molecule has 0 saturated heterocycles. The minimum absolute atomic E-state index is 0. The van der Waals surface area contributed by atoms with E-state index in [1.807, 2.05) is 50.2 Å². The van der Waals surface area contributed by atoms with Gasteiger partial charge in [-0.25, -0.2) is 4.79 Å². The number of hydrogen-bond acceptors (Lipinski definition) is 2. The topological polar surface area (TPSA) is 26.3 Å². The van der Waals surface area contributed by atoms with Gasteiger partial charge in [0, 0.05) is 16.8 Å². The SMILES string of the molecule is CC(C)OC(=O)c1cccc2ccccc12.[Co]. The van der Waals surface area contributed by atoms with Gasteiger partial charge < -0.3 is 4.74 Å². The fraction of sp³-hybridized carbons (Fsp3) is 0.214. The molecule has 0 fully saturated rings. The molecule has 17 heavy (non-hydrogen) atoms. The van der Waals surface area contributed by atoms with Crippen molar-refractivity contribution in [3.63, 3.8) is 0 Å². The van der Waals surface area contributed by atoms with Crippen LogP contribution in [-0.2, 0) is 21.5 Å². The third kappa shape index (κ3) is 3.08. The van der Waals surface area contributed by atoms with Crippen LogP contribution in [0.4, 0.5) is 0 Å². The summed E-state index contributed by atoms with van der Waals surface area (Å²) in [6.45, 7) is 3.70. The molecule has 0 atom stereocenters. The Kier molecular flexibility index (Phi) is 4.72. The predicted octanol–water partition coefficient (Wildman–Crippen LogP) is 3.40. The van der Waals surface area contributed by atoms with E-state index in [2.05, 4.69) is 0 Å². The zero-order valence-electron chi connectivity index (χ0n) is 9.77. The molecule has 91 valence electrons. The molecule has 0 amide bonds. The Morgan fingerprint density at radius 1 is 1.06 bits per heavy atom. The Morgan fingerprint density at radius 2 is 1.71 bits per heavy atom. The van der Waals surface area contributed by atoms with Crippen LogP contribution in [0.2, 0.25) is 0 Å². The summed E-state index contributed by atoms with van der Waals surface area (Å²) in [5, 5.41) is 2.00. The second kappa shape index (κ2) is 5.84. The number of rotatable bonds is 2. The van der Waals surface area contributed by atoms with Crippen molar-refractivity contribution in [3.8, 4) is 0 Å². The second-order valence-electron chi connectivity index (χ2n) is 3.98. The van der Waals surface area contributed by atoms with Gasteiger partial charge in [0.1, 0.15) is 0 Å². The Hall–Kier alpha value is -1.32. The Labute approximate surface area is 111 Å². The van der Waals surface area contributed by atoms with Gasteiger partial charge in [0.2, 0.25) is 0 Å². The van der Waals surface area contributed by atoms with E-state index in [-0.39, 0.29) is 28.9 Å². The van der Waals surface area contributed by atoms with Gasteiger partial charge in [0.25, 0.3) is 0 Å². The number of carbonyl (C=O) groups is 1. The fourth-order valence-electron chi connectivity index (χ4n) is 1.68. The molecular weight excluding hydrogens is 259 g/mol. The third-order valence-electron chi connectivity index (χ3n) is 2.35. The molecule has 0 N–H and O–H groups in total. The van der Waals surface area contributed by atoms with Crippen molar-refractivity contribution in [1.82, 2.24) is 0 Å². The monoisotopic (exact) mass is 273 g/mol. The van der Waals surface area contributed by atoms with E-state index < -0.39 is 0 Å². The van der Waals surface area contributed by atoms with Crippen LogP contribution in [0, 0.1) is 0 Å². The van der Waals surface area contributed by atoms with Crippen molar-refractivity contribution in [2.24, 2.45) is 0 Å². The Balaban J connectivity index is 0.00000144. The fourth-order valence-corrected chi connectivity index (χ4v) is 1.68. The summed E-state index contributed by atoms with van der Waals surface area (Å²) in [7, 11) is 0. The summed E-state index contributed by atoms with van der Waals surface area (Å²) >= 11 is 0. The molecule has 1 radical (unpaired) electrons. The van der Waals surface area contributed by atoms with Gasteiger partial charge in [-0.05, 0) is 30.7 Å². The summed E-state index contributed by atoms with van der Waals surface area (Å²) in [6.07, 6.45) is -0.0912. The maximum absolute atomic E-state index is 11.8. The molecule has 2 rings (SSSR count). The van der Waals surface area contributed by atoms with Crippen molar-refractivity contribution in [2.75, 3.05) is 0 Å². The van der Waals surface area contributed by atoms with Crippen molar-refractivity contribution < 1.29 is 26.3 Å². The first-order valence-electron chi connectivity index (χ1n) is 5.37. The first kappa shape index (κ1) is 13.7. The maximum atomic E-state index is 11.8. The molecule has 0 bridgehead atoms. The van der Waals surface area contributed by atoms with E-state index in [1.165, 1.54) is 0 Å². The van der Waals surface area contributed by atoms with Crippen molar-refractivity contribution in [3.05, 3.63) is 48.0 Å². The van der Waals surface area contributed by atoms with Gasteiger partial charge in [0.15, 0.2) is 0 Å². The summed E-state index contributed by atoms with van der Waals surface area (Å²) in [5.41, 5.74) is 0.631. The van der Waals surface area contributed by atoms with E-state index in [0.29, 0.717) is 5.56 Å². The van der Waals surface area contributed by atoms with E-state index >= 15 is 0 Å². The largest absolute Gasteiger partial charge is 0.459 e. The Bertz CT molecular complexity index is 515.